The first-order valence-electron chi connectivity index (χ1n) is 6.40. The number of rotatable bonds is 5. The van der Waals surface area contributed by atoms with E-state index in [1.807, 2.05) is 0 Å². The van der Waals surface area contributed by atoms with Gasteiger partial charge >= 0.3 is 28.7 Å². The summed E-state index contributed by atoms with van der Waals surface area (Å²) in [6, 6.07) is 0. The summed E-state index contributed by atoms with van der Waals surface area (Å²) in [6.07, 6.45) is 8.33. The van der Waals surface area contributed by atoms with Crippen LogP contribution in [0.5, 0.6) is 0 Å². The predicted molar refractivity (Wildman–Crippen MR) is 87.3 cm³/mol. The molecule has 1 rings (SSSR count). The summed E-state index contributed by atoms with van der Waals surface area (Å²) >= 11 is 4.89. The van der Waals surface area contributed by atoms with Crippen molar-refractivity contribution < 1.29 is 44.3 Å². The molecule has 1 aliphatic rings. The number of sulfonamides is 1. The molecule has 7 nitrogen and oxygen atoms in total. The quantitative estimate of drug-likeness (QED) is 0.284. The molecule has 134 valence electrons. The molecule has 0 radical (unpaired) electrons. The molecule has 11 heteroatoms. The van der Waals surface area contributed by atoms with Gasteiger partial charge in [-0.2, -0.15) is 0 Å². The van der Waals surface area contributed by atoms with Gasteiger partial charge in [0, 0.05) is 6.26 Å². The minimum absolute atomic E-state index is 0. The standard InChI is InChI=1S/C7H10NO6S3.C5H10.Co/c1-13-6(9)4(15)5(7(10)14-2)16-8-17(3,11)12;1-2-4-5-3-1;/h1-3H3,(H,10,15);1-5H2;/q-1;;+3/p-1. The normalized spacial score (nSPS) is 14.6. The molecule has 23 heavy (non-hydrogen) atoms. The molecular formula is C12H19CoNO6S3+. The van der Waals surface area contributed by atoms with Crippen LogP contribution in [0.25, 0.3) is 4.13 Å². The molecule has 0 N–H and O–H groups in total. The molecule has 0 aromatic carbocycles. The van der Waals surface area contributed by atoms with Crippen LogP contribution in [0, 0.1) is 0 Å². The van der Waals surface area contributed by atoms with Gasteiger partial charge in [-0.05, 0) is 0 Å². The van der Waals surface area contributed by atoms with Gasteiger partial charge in [-0.1, -0.05) is 37.0 Å². The van der Waals surface area contributed by atoms with Crippen LogP contribution < -0.4 is 0 Å². The third-order valence-electron chi connectivity index (χ3n) is 2.46. The van der Waals surface area contributed by atoms with Crippen molar-refractivity contribution in [2.75, 3.05) is 20.5 Å². The van der Waals surface area contributed by atoms with E-state index >= 15 is 0 Å². The first kappa shape index (κ1) is 24.9. The third-order valence-corrected chi connectivity index (χ3v) is 4.90. The Kier molecular flexibility index (Phi) is 14.1. The second kappa shape index (κ2) is 13.0. The van der Waals surface area contributed by atoms with Crippen LogP contribution >= 0.6 is 11.9 Å². The topological polar surface area (TPSA) is 101 Å². The Morgan fingerprint density at radius 3 is 1.70 bits per heavy atom. The minimum atomic E-state index is -3.68. The van der Waals surface area contributed by atoms with Gasteiger partial charge in [0.25, 0.3) is 0 Å². The number of ether oxygens (including phenoxy) is 2. The Hall–Kier alpha value is -0.334. The maximum Gasteiger partial charge on any atom is 3.00 e. The zero-order valence-corrected chi connectivity index (χ0v) is 16.5. The fourth-order valence-corrected chi connectivity index (χ4v) is 2.88. The summed E-state index contributed by atoms with van der Waals surface area (Å²) in [5.74, 6) is -1.91. The fraction of sp³-hybridized carbons (Fsp3) is 0.667. The Bertz CT molecular complexity index is 509. The van der Waals surface area contributed by atoms with Gasteiger partial charge in [0.1, 0.15) is 0 Å². The first-order chi connectivity index (χ1) is 10.2. The van der Waals surface area contributed by atoms with E-state index in [2.05, 4.69) is 26.2 Å². The predicted octanol–water partition coefficient (Wildman–Crippen LogP) is 2.02. The largest absolute Gasteiger partial charge is 3.00 e. The molecule has 0 aliphatic heterocycles. The average Bonchev–Trinajstić information content (AvgIpc) is 3.04. The summed E-state index contributed by atoms with van der Waals surface area (Å²) in [5, 5.41) is 0. The van der Waals surface area contributed by atoms with Crippen molar-refractivity contribution in [2.45, 2.75) is 32.1 Å². The zero-order chi connectivity index (χ0) is 17.2. The van der Waals surface area contributed by atoms with Crippen LogP contribution in [0.15, 0.2) is 9.81 Å². The number of hydrogen-bond donors (Lipinski definition) is 0. The Morgan fingerprint density at radius 1 is 1.00 bits per heavy atom. The number of nitrogens with zero attached hydrogens (tertiary/aromatic N) is 1. The van der Waals surface area contributed by atoms with E-state index in [1.54, 1.807) is 0 Å². The van der Waals surface area contributed by atoms with Gasteiger partial charge in [0.05, 0.1) is 29.1 Å². The molecule has 0 heterocycles. The molecule has 0 aromatic heterocycles. The number of esters is 2. The van der Waals surface area contributed by atoms with Gasteiger partial charge < -0.3 is 26.2 Å². The van der Waals surface area contributed by atoms with Gasteiger partial charge in [0.2, 0.25) is 0 Å². The Balaban J connectivity index is 0. The maximum atomic E-state index is 11.3. The van der Waals surface area contributed by atoms with E-state index in [4.69, 9.17) is 0 Å². The smallest absolute Gasteiger partial charge is 0.772 e. The molecule has 0 aromatic rings. The summed E-state index contributed by atoms with van der Waals surface area (Å²) in [7, 11) is -1.55. The first-order valence-corrected chi connectivity index (χ1v) is 9.43. The van der Waals surface area contributed by atoms with Crippen LogP contribution in [-0.2, 0) is 58.5 Å². The molecule has 0 bridgehead atoms. The van der Waals surface area contributed by atoms with E-state index in [-0.39, 0.29) is 28.7 Å². The summed E-state index contributed by atoms with van der Waals surface area (Å²) in [6.45, 7) is 0. The molecule has 1 fully saturated rings. The summed E-state index contributed by atoms with van der Waals surface area (Å²) in [4.78, 5) is 21.5. The van der Waals surface area contributed by atoms with E-state index in [9.17, 15) is 18.0 Å². The SMILES string of the molecule is C1CCCC1.COC(=O)/C([S-])=C(/S[N-]S(C)(=O)=O)C(=O)OC.[Co+3]. The maximum absolute atomic E-state index is 11.3. The van der Waals surface area contributed by atoms with Crippen molar-refractivity contribution >= 4 is 46.5 Å². The molecule has 0 unspecified atom stereocenters. The molecule has 1 saturated carbocycles. The second-order valence-electron chi connectivity index (χ2n) is 4.31. The Labute approximate surface area is 157 Å². The van der Waals surface area contributed by atoms with Crippen LogP contribution in [0.4, 0.5) is 0 Å². The van der Waals surface area contributed by atoms with Crippen LogP contribution in [0.3, 0.4) is 0 Å². The molecular weight excluding hydrogens is 409 g/mol. The van der Waals surface area contributed by atoms with Crippen molar-refractivity contribution in [1.29, 1.82) is 0 Å². The van der Waals surface area contributed by atoms with Gasteiger partial charge in [0.15, 0.2) is 0 Å². The number of carbonyl (C=O) groups excluding carboxylic acids is 2. The fourth-order valence-electron chi connectivity index (χ4n) is 1.44. The Morgan fingerprint density at radius 2 is 1.39 bits per heavy atom. The van der Waals surface area contributed by atoms with Gasteiger partial charge in [-0.25, -0.2) is 30.0 Å². The van der Waals surface area contributed by atoms with Crippen LogP contribution in [-0.4, -0.2) is 40.8 Å². The van der Waals surface area contributed by atoms with E-state index < -0.39 is 31.8 Å². The average molecular weight is 428 g/mol. The van der Waals surface area contributed by atoms with Gasteiger partial charge in [-0.3, -0.25) is 0 Å². The minimum Gasteiger partial charge on any atom is -0.772 e. The van der Waals surface area contributed by atoms with E-state index in [1.165, 1.54) is 32.1 Å². The van der Waals surface area contributed by atoms with Crippen molar-refractivity contribution in [3.05, 3.63) is 13.9 Å². The third kappa shape index (κ3) is 11.8. The summed E-state index contributed by atoms with van der Waals surface area (Å²) < 4.78 is 33.4. The van der Waals surface area contributed by atoms with Crippen molar-refractivity contribution in [1.82, 2.24) is 0 Å². The van der Waals surface area contributed by atoms with Gasteiger partial charge in [-0.15, -0.1) is 0 Å². The van der Waals surface area contributed by atoms with Crippen molar-refractivity contribution in [2.24, 2.45) is 0 Å². The number of carbonyl (C=O) groups is 2. The van der Waals surface area contributed by atoms with E-state index in [0.29, 0.717) is 0 Å². The van der Waals surface area contributed by atoms with E-state index in [0.717, 1.165) is 20.5 Å². The molecule has 0 atom stereocenters. The number of methoxy groups -OCH3 is 2. The second-order valence-corrected chi connectivity index (χ2v) is 7.37. The van der Waals surface area contributed by atoms with Crippen molar-refractivity contribution in [3.8, 4) is 0 Å². The number of hydrogen-bond acceptors (Lipinski definition) is 8. The molecule has 0 spiro atoms. The van der Waals surface area contributed by atoms with Crippen LogP contribution in [0.1, 0.15) is 32.1 Å². The summed E-state index contributed by atoms with van der Waals surface area (Å²) in [5.41, 5.74) is 0. The van der Waals surface area contributed by atoms with Crippen molar-refractivity contribution in [3.63, 3.8) is 0 Å². The molecule has 0 amide bonds. The monoisotopic (exact) mass is 428 g/mol. The molecule has 1 aliphatic carbocycles. The van der Waals surface area contributed by atoms with Crippen LogP contribution in [0.2, 0.25) is 0 Å². The molecule has 0 saturated heterocycles. The zero-order valence-electron chi connectivity index (χ0n) is 13.0.